The van der Waals surface area contributed by atoms with Crippen LogP contribution in [0.5, 0.6) is 0 Å². The van der Waals surface area contributed by atoms with Crippen LogP contribution < -0.4 is 5.32 Å². The third-order valence-electron chi connectivity index (χ3n) is 3.21. The highest BCUT2D eigenvalue weighted by Gasteiger charge is 2.18. The van der Waals surface area contributed by atoms with Crippen molar-refractivity contribution in [1.29, 1.82) is 0 Å². The number of carbonyl (C=O) groups is 1. The summed E-state index contributed by atoms with van der Waals surface area (Å²) in [5, 5.41) is 3.25. The fraction of sp³-hybridized carbons (Fsp3) is 0.533. The Kier molecular flexibility index (Phi) is 4.90. The molecule has 1 heterocycles. The van der Waals surface area contributed by atoms with Gasteiger partial charge < -0.3 is 10.1 Å². The Labute approximate surface area is 109 Å². The predicted octanol–water partition coefficient (Wildman–Crippen LogP) is 2.20. The van der Waals surface area contributed by atoms with Crippen molar-refractivity contribution in [1.82, 2.24) is 5.32 Å². The lowest BCUT2D eigenvalue weighted by Crippen LogP contribution is -2.39. The molecule has 3 heteroatoms. The Morgan fingerprint density at radius 3 is 3.11 bits per heavy atom. The van der Waals surface area contributed by atoms with E-state index in [9.17, 15) is 4.79 Å². The number of ketones is 1. The van der Waals surface area contributed by atoms with Crippen LogP contribution in [-0.2, 0) is 11.2 Å². The highest BCUT2D eigenvalue weighted by atomic mass is 16.5. The standard InChI is InChI=1S/C15H21NO2/c1-2-4-12-5-3-6-13(9-12)15(17)10-14-11-16-7-8-18-14/h3,5-6,9,14,16H,2,4,7-8,10-11H2,1H3. The maximum Gasteiger partial charge on any atom is 0.165 e. The highest BCUT2D eigenvalue weighted by molar-refractivity contribution is 5.96. The molecule has 0 aliphatic carbocycles. The predicted molar refractivity (Wildman–Crippen MR) is 72.0 cm³/mol. The van der Waals surface area contributed by atoms with Crippen LogP contribution >= 0.6 is 0 Å². The minimum Gasteiger partial charge on any atom is -0.375 e. The maximum absolute atomic E-state index is 12.2. The van der Waals surface area contributed by atoms with E-state index in [-0.39, 0.29) is 11.9 Å². The van der Waals surface area contributed by atoms with E-state index in [0.717, 1.165) is 31.5 Å². The van der Waals surface area contributed by atoms with E-state index in [1.54, 1.807) is 0 Å². The normalized spacial score (nSPS) is 19.7. The average Bonchev–Trinajstić information content (AvgIpc) is 2.40. The minimum atomic E-state index is 0.0288. The summed E-state index contributed by atoms with van der Waals surface area (Å²) in [4.78, 5) is 12.2. The van der Waals surface area contributed by atoms with E-state index in [1.807, 2.05) is 18.2 Å². The average molecular weight is 247 g/mol. The van der Waals surface area contributed by atoms with Gasteiger partial charge in [0.1, 0.15) is 0 Å². The summed E-state index contributed by atoms with van der Waals surface area (Å²) in [6, 6.07) is 7.97. The van der Waals surface area contributed by atoms with Crippen molar-refractivity contribution < 1.29 is 9.53 Å². The van der Waals surface area contributed by atoms with E-state index >= 15 is 0 Å². The quantitative estimate of drug-likeness (QED) is 0.811. The SMILES string of the molecule is CCCc1cccc(C(=O)CC2CNCCO2)c1. The monoisotopic (exact) mass is 247 g/mol. The number of nitrogens with one attached hydrogen (secondary N) is 1. The van der Waals surface area contributed by atoms with Gasteiger partial charge in [-0.15, -0.1) is 0 Å². The van der Waals surface area contributed by atoms with Gasteiger partial charge in [-0.25, -0.2) is 0 Å². The summed E-state index contributed by atoms with van der Waals surface area (Å²) in [7, 11) is 0. The topological polar surface area (TPSA) is 38.3 Å². The van der Waals surface area contributed by atoms with Crippen molar-refractivity contribution >= 4 is 5.78 Å². The Morgan fingerprint density at radius 2 is 2.39 bits per heavy atom. The summed E-state index contributed by atoms with van der Waals surface area (Å²) < 4.78 is 5.56. The smallest absolute Gasteiger partial charge is 0.165 e. The fourth-order valence-electron chi connectivity index (χ4n) is 2.26. The molecule has 1 saturated heterocycles. The summed E-state index contributed by atoms with van der Waals surface area (Å²) in [5.41, 5.74) is 2.06. The van der Waals surface area contributed by atoms with Crippen molar-refractivity contribution in [2.45, 2.75) is 32.3 Å². The molecule has 1 unspecified atom stereocenters. The third-order valence-corrected chi connectivity index (χ3v) is 3.21. The molecule has 0 saturated carbocycles. The van der Waals surface area contributed by atoms with Crippen LogP contribution in [0.1, 0.15) is 35.7 Å². The van der Waals surface area contributed by atoms with Crippen molar-refractivity contribution in [3.05, 3.63) is 35.4 Å². The lowest BCUT2D eigenvalue weighted by atomic mass is 10.0. The molecule has 1 aliphatic rings. The summed E-state index contributed by atoms with van der Waals surface area (Å²) >= 11 is 0. The highest BCUT2D eigenvalue weighted by Crippen LogP contribution is 2.12. The van der Waals surface area contributed by atoms with E-state index in [0.29, 0.717) is 13.0 Å². The summed E-state index contributed by atoms with van der Waals surface area (Å²) in [6.07, 6.45) is 2.64. The van der Waals surface area contributed by atoms with Crippen molar-refractivity contribution in [2.75, 3.05) is 19.7 Å². The molecular weight excluding hydrogens is 226 g/mol. The van der Waals surface area contributed by atoms with Crippen LogP contribution in [0.3, 0.4) is 0 Å². The van der Waals surface area contributed by atoms with E-state index in [1.165, 1.54) is 5.56 Å². The molecule has 3 nitrogen and oxygen atoms in total. The zero-order valence-electron chi connectivity index (χ0n) is 10.9. The molecule has 1 aliphatic heterocycles. The van der Waals surface area contributed by atoms with Gasteiger partial charge in [-0.05, 0) is 18.1 Å². The largest absolute Gasteiger partial charge is 0.375 e. The zero-order valence-corrected chi connectivity index (χ0v) is 10.9. The number of rotatable bonds is 5. The molecule has 18 heavy (non-hydrogen) atoms. The van der Waals surface area contributed by atoms with Crippen molar-refractivity contribution in [3.8, 4) is 0 Å². The Balaban J connectivity index is 1.96. The lowest BCUT2D eigenvalue weighted by Gasteiger charge is -2.23. The lowest BCUT2D eigenvalue weighted by molar-refractivity contribution is 0.0240. The molecule has 1 aromatic carbocycles. The van der Waals surface area contributed by atoms with Gasteiger partial charge in [0.2, 0.25) is 0 Å². The zero-order chi connectivity index (χ0) is 12.8. The molecule has 0 bridgehead atoms. The Bertz CT molecular complexity index is 397. The number of hydrogen-bond donors (Lipinski definition) is 1. The fourth-order valence-corrected chi connectivity index (χ4v) is 2.26. The molecular formula is C15H21NO2. The van der Waals surface area contributed by atoms with Crippen LogP contribution in [0.2, 0.25) is 0 Å². The van der Waals surface area contributed by atoms with Gasteiger partial charge >= 0.3 is 0 Å². The summed E-state index contributed by atoms with van der Waals surface area (Å²) in [6.45, 7) is 4.51. The number of Topliss-reactive ketones (excluding diaryl/α,β-unsaturated/α-hetero) is 1. The van der Waals surface area contributed by atoms with Crippen LogP contribution in [0, 0.1) is 0 Å². The Hall–Kier alpha value is -1.19. The molecule has 98 valence electrons. The third kappa shape index (κ3) is 3.65. The number of aryl methyl sites for hydroxylation is 1. The minimum absolute atomic E-state index is 0.0288. The van der Waals surface area contributed by atoms with E-state index in [4.69, 9.17) is 4.74 Å². The molecule has 0 aromatic heterocycles. The van der Waals surface area contributed by atoms with Gasteiger partial charge in [0.25, 0.3) is 0 Å². The summed E-state index contributed by atoms with van der Waals surface area (Å²) in [5.74, 6) is 0.182. The molecule has 1 aromatic rings. The van der Waals surface area contributed by atoms with Crippen LogP contribution in [0.25, 0.3) is 0 Å². The van der Waals surface area contributed by atoms with E-state index < -0.39 is 0 Å². The number of hydrogen-bond acceptors (Lipinski definition) is 3. The second kappa shape index (κ2) is 6.66. The first-order valence-electron chi connectivity index (χ1n) is 6.74. The molecule has 0 radical (unpaired) electrons. The maximum atomic E-state index is 12.2. The molecule has 2 rings (SSSR count). The van der Waals surface area contributed by atoms with Gasteiger partial charge in [0, 0.05) is 25.1 Å². The number of benzene rings is 1. The molecule has 1 fully saturated rings. The second-order valence-corrected chi connectivity index (χ2v) is 4.77. The van der Waals surface area contributed by atoms with Gasteiger partial charge in [0.05, 0.1) is 12.7 Å². The van der Waals surface area contributed by atoms with Gasteiger partial charge in [-0.2, -0.15) is 0 Å². The first-order valence-corrected chi connectivity index (χ1v) is 6.74. The van der Waals surface area contributed by atoms with Crippen molar-refractivity contribution in [2.24, 2.45) is 0 Å². The van der Waals surface area contributed by atoms with Gasteiger partial charge in [-0.3, -0.25) is 4.79 Å². The van der Waals surface area contributed by atoms with Gasteiger partial charge in [0.15, 0.2) is 5.78 Å². The van der Waals surface area contributed by atoms with Crippen molar-refractivity contribution in [3.63, 3.8) is 0 Å². The Morgan fingerprint density at radius 1 is 1.50 bits per heavy atom. The first kappa shape index (κ1) is 13.2. The number of ether oxygens (including phenoxy) is 1. The first-order chi connectivity index (χ1) is 8.79. The molecule has 1 N–H and O–H groups in total. The van der Waals surface area contributed by atoms with Gasteiger partial charge in [-0.1, -0.05) is 31.5 Å². The number of morpholine rings is 1. The second-order valence-electron chi connectivity index (χ2n) is 4.77. The van der Waals surface area contributed by atoms with Crippen LogP contribution in [0.4, 0.5) is 0 Å². The van der Waals surface area contributed by atoms with Crippen LogP contribution in [-0.4, -0.2) is 31.6 Å². The van der Waals surface area contributed by atoms with Crippen LogP contribution in [0.15, 0.2) is 24.3 Å². The number of carbonyl (C=O) groups excluding carboxylic acids is 1. The van der Waals surface area contributed by atoms with E-state index in [2.05, 4.69) is 18.3 Å². The molecule has 1 atom stereocenters. The molecule has 0 spiro atoms. The molecule has 0 amide bonds.